The summed E-state index contributed by atoms with van der Waals surface area (Å²) in [4.78, 5) is 25.3. The fourth-order valence-electron chi connectivity index (χ4n) is 3.02. The van der Waals surface area contributed by atoms with E-state index in [1.54, 1.807) is 32.0 Å². The Bertz CT molecular complexity index is 1040. The van der Waals surface area contributed by atoms with E-state index in [-0.39, 0.29) is 11.8 Å². The van der Waals surface area contributed by atoms with Crippen molar-refractivity contribution in [2.24, 2.45) is 5.73 Å². The molecule has 0 unspecified atom stereocenters. The van der Waals surface area contributed by atoms with Crippen LogP contribution in [0.25, 0.3) is 0 Å². The molecule has 0 radical (unpaired) electrons. The van der Waals surface area contributed by atoms with Gasteiger partial charge in [0.15, 0.2) is 0 Å². The number of nitrogens with zero attached hydrogens (tertiary/aromatic N) is 1. The van der Waals surface area contributed by atoms with Crippen LogP contribution >= 0.6 is 0 Å². The predicted molar refractivity (Wildman–Crippen MR) is 112 cm³/mol. The van der Waals surface area contributed by atoms with Crippen molar-refractivity contribution in [2.45, 2.75) is 26.9 Å². The molecular formula is C22H24N4O4. The predicted octanol–water partition coefficient (Wildman–Crippen LogP) is 2.94. The molecule has 0 spiro atoms. The van der Waals surface area contributed by atoms with Gasteiger partial charge in [0, 0.05) is 18.7 Å². The van der Waals surface area contributed by atoms with Crippen LogP contribution in [0.1, 0.15) is 43.3 Å². The number of hydrogen-bond donors (Lipinski definition) is 3. The molecule has 0 aliphatic carbocycles. The van der Waals surface area contributed by atoms with Crippen molar-refractivity contribution in [1.29, 1.82) is 0 Å². The van der Waals surface area contributed by atoms with E-state index in [0.717, 1.165) is 11.1 Å². The highest BCUT2D eigenvalue weighted by atomic mass is 16.5. The molecule has 0 fully saturated rings. The molecule has 8 nitrogen and oxygen atoms in total. The Balaban J connectivity index is 1.74. The van der Waals surface area contributed by atoms with E-state index in [0.29, 0.717) is 47.1 Å². The summed E-state index contributed by atoms with van der Waals surface area (Å²) < 4.78 is 10.4. The van der Waals surface area contributed by atoms with E-state index < -0.39 is 0 Å². The highest BCUT2D eigenvalue weighted by Gasteiger charge is 2.19. The zero-order chi connectivity index (χ0) is 21.7. The van der Waals surface area contributed by atoms with E-state index in [2.05, 4.69) is 15.8 Å². The van der Waals surface area contributed by atoms with Gasteiger partial charge in [-0.15, -0.1) is 0 Å². The second-order valence-corrected chi connectivity index (χ2v) is 6.77. The minimum atomic E-state index is -0.387. The maximum atomic E-state index is 12.7. The Labute approximate surface area is 174 Å². The monoisotopic (exact) mass is 408 g/mol. The number of aryl methyl sites for hydroxylation is 2. The van der Waals surface area contributed by atoms with Crippen LogP contribution in [0.2, 0.25) is 0 Å². The van der Waals surface area contributed by atoms with Gasteiger partial charge in [-0.05, 0) is 43.2 Å². The molecule has 3 aromatic rings. The molecule has 30 heavy (non-hydrogen) atoms. The molecule has 0 aliphatic heterocycles. The lowest BCUT2D eigenvalue weighted by Gasteiger charge is -2.12. The smallest absolute Gasteiger partial charge is 0.261 e. The molecule has 2 amide bonds. The van der Waals surface area contributed by atoms with Crippen LogP contribution in [-0.4, -0.2) is 24.1 Å². The first-order chi connectivity index (χ1) is 14.4. The Morgan fingerprint density at radius 3 is 2.37 bits per heavy atom. The lowest BCUT2D eigenvalue weighted by Crippen LogP contribution is -2.23. The number of methoxy groups -OCH3 is 1. The summed E-state index contributed by atoms with van der Waals surface area (Å²) in [6, 6.07) is 12.5. The minimum Gasteiger partial charge on any atom is -0.495 e. The van der Waals surface area contributed by atoms with Crippen LogP contribution in [0.3, 0.4) is 0 Å². The number of ether oxygens (including phenoxy) is 1. The van der Waals surface area contributed by atoms with Gasteiger partial charge in [-0.2, -0.15) is 0 Å². The lowest BCUT2D eigenvalue weighted by atomic mass is 10.1. The molecule has 1 heterocycles. The first-order valence-electron chi connectivity index (χ1n) is 9.41. The van der Waals surface area contributed by atoms with Gasteiger partial charge in [0.1, 0.15) is 17.1 Å². The normalized spacial score (nSPS) is 10.5. The second-order valence-electron chi connectivity index (χ2n) is 6.77. The van der Waals surface area contributed by atoms with Gasteiger partial charge in [-0.25, -0.2) is 0 Å². The van der Waals surface area contributed by atoms with Gasteiger partial charge in [0.05, 0.1) is 18.5 Å². The van der Waals surface area contributed by atoms with Crippen LogP contribution in [0.5, 0.6) is 5.75 Å². The molecule has 8 heteroatoms. The topological polar surface area (TPSA) is 119 Å². The fourth-order valence-corrected chi connectivity index (χ4v) is 3.02. The fraction of sp³-hybridized carbons (Fsp3) is 0.227. The molecule has 3 rings (SSSR count). The highest BCUT2D eigenvalue weighted by molar-refractivity contribution is 6.07. The van der Waals surface area contributed by atoms with Crippen molar-refractivity contribution in [3.05, 3.63) is 76.2 Å². The number of carbonyl (C=O) groups is 2. The van der Waals surface area contributed by atoms with E-state index in [9.17, 15) is 9.59 Å². The molecule has 0 bridgehead atoms. The zero-order valence-electron chi connectivity index (χ0n) is 17.1. The largest absolute Gasteiger partial charge is 0.495 e. The first kappa shape index (κ1) is 21.1. The van der Waals surface area contributed by atoms with Gasteiger partial charge in [0.25, 0.3) is 11.8 Å². The number of aromatic nitrogens is 1. The van der Waals surface area contributed by atoms with Crippen LogP contribution in [-0.2, 0) is 13.1 Å². The van der Waals surface area contributed by atoms with Crippen LogP contribution in [0.4, 0.5) is 5.69 Å². The van der Waals surface area contributed by atoms with Gasteiger partial charge < -0.3 is 25.6 Å². The van der Waals surface area contributed by atoms with Gasteiger partial charge in [-0.3, -0.25) is 9.59 Å². The third-order valence-corrected chi connectivity index (χ3v) is 4.68. The second kappa shape index (κ2) is 9.23. The highest BCUT2D eigenvalue weighted by Crippen LogP contribution is 2.27. The van der Waals surface area contributed by atoms with Crippen LogP contribution in [0, 0.1) is 13.8 Å². The quantitative estimate of drug-likeness (QED) is 0.553. The van der Waals surface area contributed by atoms with Crippen molar-refractivity contribution in [3.8, 4) is 5.75 Å². The van der Waals surface area contributed by atoms with E-state index in [1.165, 1.54) is 7.11 Å². The Morgan fingerprint density at radius 2 is 1.77 bits per heavy atom. The van der Waals surface area contributed by atoms with Gasteiger partial charge >= 0.3 is 0 Å². The van der Waals surface area contributed by atoms with Crippen molar-refractivity contribution in [1.82, 2.24) is 10.5 Å². The molecule has 0 saturated heterocycles. The van der Waals surface area contributed by atoms with E-state index >= 15 is 0 Å². The third kappa shape index (κ3) is 4.66. The minimum absolute atomic E-state index is 0.270. The molecule has 0 saturated carbocycles. The number of rotatable bonds is 7. The maximum absolute atomic E-state index is 12.7. The number of nitrogens with two attached hydrogens (primary N) is 1. The standard InChI is InChI=1S/C22H24N4O4/c1-13-20(14(2)30-26-13)22(28)25-18-10-17(8-9-19(18)29-3)21(27)24-12-16-6-4-15(11-23)5-7-16/h4-10H,11-12,23H2,1-3H3,(H,24,27)(H,25,28). The van der Waals surface area contributed by atoms with Crippen molar-refractivity contribution >= 4 is 17.5 Å². The number of nitrogens with one attached hydrogen (secondary N) is 2. The number of anilines is 1. The summed E-state index contributed by atoms with van der Waals surface area (Å²) in [5.41, 5.74) is 9.19. The number of hydrogen-bond acceptors (Lipinski definition) is 6. The van der Waals surface area contributed by atoms with Crippen molar-refractivity contribution < 1.29 is 18.8 Å². The summed E-state index contributed by atoms with van der Waals surface area (Å²) >= 11 is 0. The molecule has 156 valence electrons. The zero-order valence-corrected chi connectivity index (χ0v) is 17.1. The third-order valence-electron chi connectivity index (χ3n) is 4.68. The summed E-state index contributed by atoms with van der Waals surface area (Å²) in [7, 11) is 1.49. The summed E-state index contributed by atoms with van der Waals surface area (Å²) in [6.07, 6.45) is 0. The molecule has 1 aromatic heterocycles. The number of amides is 2. The Kier molecular flexibility index (Phi) is 6.48. The van der Waals surface area contributed by atoms with Crippen molar-refractivity contribution in [2.75, 3.05) is 12.4 Å². The average molecular weight is 408 g/mol. The first-order valence-corrected chi connectivity index (χ1v) is 9.41. The lowest BCUT2D eigenvalue weighted by molar-refractivity contribution is 0.0949. The summed E-state index contributed by atoms with van der Waals surface area (Å²) in [6.45, 7) is 4.19. The van der Waals surface area contributed by atoms with E-state index in [1.807, 2.05) is 24.3 Å². The van der Waals surface area contributed by atoms with Crippen LogP contribution in [0.15, 0.2) is 47.0 Å². The molecule has 0 aliphatic rings. The van der Waals surface area contributed by atoms with Crippen molar-refractivity contribution in [3.63, 3.8) is 0 Å². The SMILES string of the molecule is COc1ccc(C(=O)NCc2ccc(CN)cc2)cc1NC(=O)c1c(C)noc1C. The van der Waals surface area contributed by atoms with Gasteiger partial charge in [-0.1, -0.05) is 29.4 Å². The van der Waals surface area contributed by atoms with Crippen LogP contribution < -0.4 is 21.1 Å². The summed E-state index contributed by atoms with van der Waals surface area (Å²) in [5.74, 6) is 0.193. The summed E-state index contributed by atoms with van der Waals surface area (Å²) in [5, 5.41) is 9.43. The molecule has 4 N–H and O–H groups in total. The number of benzene rings is 2. The average Bonchev–Trinajstić information content (AvgIpc) is 3.10. The Hall–Kier alpha value is -3.65. The van der Waals surface area contributed by atoms with Gasteiger partial charge in [0.2, 0.25) is 0 Å². The maximum Gasteiger partial charge on any atom is 0.261 e. The molecule has 2 aromatic carbocycles. The molecular weight excluding hydrogens is 384 g/mol. The number of carbonyl (C=O) groups excluding carboxylic acids is 2. The molecule has 0 atom stereocenters. The van der Waals surface area contributed by atoms with E-state index in [4.69, 9.17) is 15.0 Å². The Morgan fingerprint density at radius 1 is 1.07 bits per heavy atom.